The molecular formula is C17H14N2O3S. The van der Waals surface area contributed by atoms with E-state index in [-0.39, 0.29) is 11.0 Å². The summed E-state index contributed by atoms with van der Waals surface area (Å²) in [6, 6.07) is 13.5. The topological polar surface area (TPSA) is 96.2 Å². The normalized spacial score (nSPS) is 10.8. The number of carboxylic acid groups (broad SMARTS) is 1. The quantitative estimate of drug-likeness (QED) is 0.506. The third kappa shape index (κ3) is 3.22. The molecule has 3 rings (SSSR count). The number of carbonyl (C=O) groups is 1. The molecule has 6 heteroatoms. The molecule has 0 aliphatic carbocycles. The third-order valence-electron chi connectivity index (χ3n) is 3.41. The number of aromatic carboxylic acids is 1. The lowest BCUT2D eigenvalue weighted by molar-refractivity contribution is 0.0693. The Hall–Kier alpha value is -2.73. The average molecular weight is 326 g/mol. The van der Waals surface area contributed by atoms with Gasteiger partial charge < -0.3 is 15.8 Å². The van der Waals surface area contributed by atoms with E-state index in [4.69, 9.17) is 5.73 Å². The minimum Gasteiger partial charge on any atom is -0.478 e. The second-order valence-electron chi connectivity index (χ2n) is 5.05. The van der Waals surface area contributed by atoms with E-state index in [0.717, 1.165) is 5.69 Å². The van der Waals surface area contributed by atoms with Gasteiger partial charge in [0.1, 0.15) is 0 Å². The van der Waals surface area contributed by atoms with Crippen molar-refractivity contribution in [3.8, 4) is 0 Å². The maximum absolute atomic E-state index is 12.2. The van der Waals surface area contributed by atoms with Crippen LogP contribution in [0.25, 0.3) is 10.9 Å². The highest BCUT2D eigenvalue weighted by molar-refractivity contribution is 7.98. The number of carboxylic acids is 1. The summed E-state index contributed by atoms with van der Waals surface area (Å²) in [6.07, 6.45) is 0. The Bertz CT molecular complexity index is 950. The number of anilines is 1. The molecule has 2 aromatic carbocycles. The first-order valence-corrected chi connectivity index (χ1v) is 7.90. The van der Waals surface area contributed by atoms with Crippen molar-refractivity contribution in [1.29, 1.82) is 0 Å². The van der Waals surface area contributed by atoms with Gasteiger partial charge in [-0.2, -0.15) is 0 Å². The van der Waals surface area contributed by atoms with Crippen LogP contribution in [0.15, 0.2) is 58.2 Å². The number of thioether (sulfide) groups is 1. The van der Waals surface area contributed by atoms with Crippen molar-refractivity contribution in [2.24, 2.45) is 0 Å². The molecule has 1 heterocycles. The first-order chi connectivity index (χ1) is 11.0. The summed E-state index contributed by atoms with van der Waals surface area (Å²) < 4.78 is 0. The van der Waals surface area contributed by atoms with E-state index in [9.17, 15) is 14.7 Å². The van der Waals surface area contributed by atoms with E-state index in [0.29, 0.717) is 27.2 Å². The zero-order chi connectivity index (χ0) is 16.4. The molecule has 0 atom stereocenters. The van der Waals surface area contributed by atoms with E-state index in [1.807, 2.05) is 0 Å². The Labute approximate surface area is 136 Å². The van der Waals surface area contributed by atoms with Crippen molar-refractivity contribution < 1.29 is 9.90 Å². The molecule has 0 radical (unpaired) electrons. The zero-order valence-electron chi connectivity index (χ0n) is 12.1. The standard InChI is InChI=1S/C17H14N2O3S/c18-10-5-6-14-13(7-10)15(20)8-11(19-14)9-23-16-4-2-1-3-12(16)17(21)22/h1-8H,9,18H2,(H,19,20)(H,21,22). The summed E-state index contributed by atoms with van der Waals surface area (Å²) in [5.74, 6) is -0.490. The summed E-state index contributed by atoms with van der Waals surface area (Å²) in [5.41, 5.74) is 7.84. The fourth-order valence-corrected chi connectivity index (χ4v) is 3.27. The van der Waals surface area contributed by atoms with E-state index >= 15 is 0 Å². The molecule has 0 saturated carbocycles. The van der Waals surface area contributed by atoms with Gasteiger partial charge in [0, 0.05) is 39.0 Å². The Morgan fingerprint density at radius 2 is 1.96 bits per heavy atom. The molecule has 3 aromatic rings. The Morgan fingerprint density at radius 3 is 2.74 bits per heavy atom. The molecule has 23 heavy (non-hydrogen) atoms. The van der Waals surface area contributed by atoms with Gasteiger partial charge >= 0.3 is 5.97 Å². The molecule has 5 nitrogen and oxygen atoms in total. The van der Waals surface area contributed by atoms with E-state index in [2.05, 4.69) is 4.98 Å². The van der Waals surface area contributed by atoms with E-state index < -0.39 is 5.97 Å². The van der Waals surface area contributed by atoms with Gasteiger partial charge in [-0.15, -0.1) is 11.8 Å². The monoisotopic (exact) mass is 326 g/mol. The second-order valence-corrected chi connectivity index (χ2v) is 6.07. The van der Waals surface area contributed by atoms with Gasteiger partial charge in [-0.3, -0.25) is 4.79 Å². The van der Waals surface area contributed by atoms with E-state index in [1.165, 1.54) is 17.8 Å². The molecule has 4 N–H and O–H groups in total. The molecule has 1 aromatic heterocycles. The SMILES string of the molecule is Nc1ccc2[nH]c(CSc3ccccc3C(=O)O)cc(=O)c2c1. The third-order valence-corrected chi connectivity index (χ3v) is 4.53. The number of rotatable bonds is 4. The average Bonchev–Trinajstić information content (AvgIpc) is 2.54. The summed E-state index contributed by atoms with van der Waals surface area (Å²) in [7, 11) is 0. The van der Waals surface area contributed by atoms with Crippen LogP contribution in [-0.2, 0) is 5.75 Å². The number of aromatic amines is 1. The Balaban J connectivity index is 1.90. The Morgan fingerprint density at radius 1 is 1.17 bits per heavy atom. The van der Waals surface area contributed by atoms with Gasteiger partial charge in [0.15, 0.2) is 5.43 Å². The number of hydrogen-bond donors (Lipinski definition) is 3. The number of nitrogen functional groups attached to an aromatic ring is 1. The lowest BCUT2D eigenvalue weighted by Gasteiger charge is -2.07. The maximum Gasteiger partial charge on any atom is 0.336 e. The summed E-state index contributed by atoms with van der Waals surface area (Å²) in [4.78, 5) is 27.2. The van der Waals surface area contributed by atoms with Crippen LogP contribution in [0.5, 0.6) is 0 Å². The van der Waals surface area contributed by atoms with Crippen molar-refractivity contribution in [1.82, 2.24) is 4.98 Å². The fraction of sp³-hybridized carbons (Fsp3) is 0.0588. The smallest absolute Gasteiger partial charge is 0.336 e. The van der Waals surface area contributed by atoms with Crippen molar-refractivity contribution in [3.05, 3.63) is 70.0 Å². The van der Waals surface area contributed by atoms with Crippen LogP contribution in [0.4, 0.5) is 5.69 Å². The number of nitrogens with two attached hydrogens (primary N) is 1. The van der Waals surface area contributed by atoms with Gasteiger partial charge in [-0.1, -0.05) is 12.1 Å². The van der Waals surface area contributed by atoms with Gasteiger partial charge in [-0.25, -0.2) is 4.79 Å². The highest BCUT2D eigenvalue weighted by Gasteiger charge is 2.10. The molecule has 0 aliphatic heterocycles. The minimum absolute atomic E-state index is 0.104. The van der Waals surface area contributed by atoms with Crippen LogP contribution in [0.2, 0.25) is 0 Å². The van der Waals surface area contributed by atoms with Crippen LogP contribution in [-0.4, -0.2) is 16.1 Å². The largest absolute Gasteiger partial charge is 0.478 e. The number of aromatic nitrogens is 1. The Kier molecular flexibility index (Phi) is 4.08. The predicted octanol–water partition coefficient (Wildman–Crippen LogP) is 3.10. The lowest BCUT2D eigenvalue weighted by atomic mass is 10.2. The first kappa shape index (κ1) is 15.2. The molecule has 116 valence electrons. The van der Waals surface area contributed by atoms with Crippen molar-refractivity contribution in [2.45, 2.75) is 10.6 Å². The molecule has 0 aliphatic rings. The van der Waals surface area contributed by atoms with Gasteiger partial charge in [0.2, 0.25) is 0 Å². The molecule has 0 bridgehead atoms. The highest BCUT2D eigenvalue weighted by atomic mass is 32.2. The number of nitrogens with one attached hydrogen (secondary N) is 1. The fourth-order valence-electron chi connectivity index (χ4n) is 2.32. The molecular weight excluding hydrogens is 312 g/mol. The molecule has 0 unspecified atom stereocenters. The zero-order valence-corrected chi connectivity index (χ0v) is 12.9. The van der Waals surface area contributed by atoms with Crippen molar-refractivity contribution in [2.75, 3.05) is 5.73 Å². The number of hydrogen-bond acceptors (Lipinski definition) is 4. The molecule has 0 spiro atoms. The first-order valence-electron chi connectivity index (χ1n) is 6.91. The molecule has 0 fully saturated rings. The van der Waals surface area contributed by atoms with Crippen LogP contribution in [0, 0.1) is 0 Å². The number of pyridine rings is 1. The minimum atomic E-state index is -0.962. The number of fused-ring (bicyclic) bond motifs is 1. The number of benzene rings is 2. The lowest BCUT2D eigenvalue weighted by Crippen LogP contribution is -2.05. The van der Waals surface area contributed by atoms with Crippen LogP contribution in [0.1, 0.15) is 16.1 Å². The molecule has 0 saturated heterocycles. The van der Waals surface area contributed by atoms with Crippen LogP contribution in [0.3, 0.4) is 0 Å². The van der Waals surface area contributed by atoms with Crippen molar-refractivity contribution >= 4 is 34.3 Å². The van der Waals surface area contributed by atoms with Crippen LogP contribution >= 0.6 is 11.8 Å². The maximum atomic E-state index is 12.2. The summed E-state index contributed by atoms with van der Waals surface area (Å²) >= 11 is 1.37. The molecule has 0 amide bonds. The summed E-state index contributed by atoms with van der Waals surface area (Å²) in [6.45, 7) is 0. The highest BCUT2D eigenvalue weighted by Crippen LogP contribution is 2.26. The van der Waals surface area contributed by atoms with Gasteiger partial charge in [0.25, 0.3) is 0 Å². The van der Waals surface area contributed by atoms with E-state index in [1.54, 1.807) is 42.5 Å². The second kappa shape index (κ2) is 6.18. The van der Waals surface area contributed by atoms with Gasteiger partial charge in [0.05, 0.1) is 5.56 Å². The summed E-state index contributed by atoms with van der Waals surface area (Å²) in [5, 5.41) is 9.74. The van der Waals surface area contributed by atoms with Gasteiger partial charge in [-0.05, 0) is 30.3 Å². The number of H-pyrrole nitrogens is 1. The predicted molar refractivity (Wildman–Crippen MR) is 91.9 cm³/mol. The van der Waals surface area contributed by atoms with Crippen molar-refractivity contribution in [3.63, 3.8) is 0 Å². The van der Waals surface area contributed by atoms with Crippen LogP contribution < -0.4 is 11.2 Å².